The SMILES string of the molecule is CCCCC(CC)C(=O)NCc1cccc2c1NCCC2. The molecule has 3 nitrogen and oxygen atoms in total. The van der Waals surface area contributed by atoms with E-state index in [1.165, 1.54) is 23.2 Å². The lowest BCUT2D eigenvalue weighted by Crippen LogP contribution is -2.30. The number of aryl methyl sites for hydroxylation is 1. The van der Waals surface area contributed by atoms with Gasteiger partial charge in [0.05, 0.1) is 0 Å². The van der Waals surface area contributed by atoms with E-state index in [-0.39, 0.29) is 11.8 Å². The maximum absolute atomic E-state index is 12.3. The Labute approximate surface area is 128 Å². The van der Waals surface area contributed by atoms with Crippen LogP contribution in [0.2, 0.25) is 0 Å². The molecule has 1 unspecified atom stereocenters. The lowest BCUT2D eigenvalue weighted by Gasteiger charge is -2.22. The van der Waals surface area contributed by atoms with Crippen LogP contribution in [-0.4, -0.2) is 12.5 Å². The summed E-state index contributed by atoms with van der Waals surface area (Å²) in [4.78, 5) is 12.3. The molecule has 0 aliphatic carbocycles. The molecular weight excluding hydrogens is 260 g/mol. The maximum atomic E-state index is 12.3. The van der Waals surface area contributed by atoms with Gasteiger partial charge in [-0.2, -0.15) is 0 Å². The number of rotatable bonds is 7. The number of unbranched alkanes of at least 4 members (excludes halogenated alkanes) is 1. The third kappa shape index (κ3) is 4.23. The van der Waals surface area contributed by atoms with Crippen molar-refractivity contribution in [1.82, 2.24) is 5.32 Å². The Morgan fingerprint density at radius 2 is 2.24 bits per heavy atom. The van der Waals surface area contributed by atoms with Crippen LogP contribution in [0.3, 0.4) is 0 Å². The second kappa shape index (κ2) is 8.06. The normalized spacial score (nSPS) is 15.0. The first-order chi connectivity index (χ1) is 10.3. The predicted octanol–water partition coefficient (Wildman–Crippen LogP) is 3.88. The van der Waals surface area contributed by atoms with Gasteiger partial charge in [-0.05, 0) is 36.8 Å². The molecule has 116 valence electrons. The number of nitrogens with one attached hydrogen (secondary N) is 2. The van der Waals surface area contributed by atoms with Crippen LogP contribution < -0.4 is 10.6 Å². The number of anilines is 1. The molecule has 0 aromatic heterocycles. The lowest BCUT2D eigenvalue weighted by atomic mass is 9.97. The minimum absolute atomic E-state index is 0.164. The van der Waals surface area contributed by atoms with Crippen molar-refractivity contribution in [2.45, 2.75) is 58.9 Å². The Morgan fingerprint density at radius 1 is 1.38 bits per heavy atom. The lowest BCUT2D eigenvalue weighted by molar-refractivity contribution is -0.125. The molecule has 0 radical (unpaired) electrons. The maximum Gasteiger partial charge on any atom is 0.223 e. The molecule has 0 bridgehead atoms. The Balaban J connectivity index is 1.94. The summed E-state index contributed by atoms with van der Waals surface area (Å²) in [7, 11) is 0. The smallest absolute Gasteiger partial charge is 0.223 e. The van der Waals surface area contributed by atoms with Crippen LogP contribution >= 0.6 is 0 Å². The molecule has 1 aliphatic rings. The minimum atomic E-state index is 0.164. The number of benzene rings is 1. The fourth-order valence-electron chi connectivity index (χ4n) is 3.03. The first-order valence-corrected chi connectivity index (χ1v) is 8.38. The summed E-state index contributed by atoms with van der Waals surface area (Å²) in [6, 6.07) is 6.40. The molecule has 3 heteroatoms. The highest BCUT2D eigenvalue weighted by atomic mass is 16.1. The highest BCUT2D eigenvalue weighted by molar-refractivity contribution is 5.78. The van der Waals surface area contributed by atoms with Crippen LogP contribution in [0.15, 0.2) is 18.2 Å². The molecule has 21 heavy (non-hydrogen) atoms. The van der Waals surface area contributed by atoms with E-state index in [4.69, 9.17) is 0 Å². The molecule has 1 amide bonds. The summed E-state index contributed by atoms with van der Waals surface area (Å²) < 4.78 is 0. The van der Waals surface area contributed by atoms with E-state index < -0.39 is 0 Å². The first-order valence-electron chi connectivity index (χ1n) is 8.38. The molecule has 0 spiro atoms. The van der Waals surface area contributed by atoms with Gasteiger partial charge in [0, 0.05) is 24.7 Å². The van der Waals surface area contributed by atoms with Gasteiger partial charge in [-0.1, -0.05) is 44.9 Å². The topological polar surface area (TPSA) is 41.1 Å². The number of hydrogen-bond acceptors (Lipinski definition) is 2. The van der Waals surface area contributed by atoms with Gasteiger partial charge >= 0.3 is 0 Å². The van der Waals surface area contributed by atoms with Gasteiger partial charge in [0.15, 0.2) is 0 Å². The van der Waals surface area contributed by atoms with Crippen molar-refractivity contribution in [3.63, 3.8) is 0 Å². The summed E-state index contributed by atoms with van der Waals surface area (Å²) >= 11 is 0. The van der Waals surface area contributed by atoms with Crippen molar-refractivity contribution in [2.75, 3.05) is 11.9 Å². The van der Waals surface area contributed by atoms with E-state index in [1.807, 2.05) is 0 Å². The molecule has 1 aromatic carbocycles. The van der Waals surface area contributed by atoms with Crippen LogP contribution in [0.1, 0.15) is 57.1 Å². The van der Waals surface area contributed by atoms with Gasteiger partial charge < -0.3 is 10.6 Å². The average molecular weight is 288 g/mol. The number of carbonyl (C=O) groups excluding carboxylic acids is 1. The standard InChI is InChI=1S/C18H28N2O/c1-3-5-8-14(4-2)18(21)20-13-16-10-6-9-15-11-7-12-19-17(15)16/h6,9-10,14,19H,3-5,7-8,11-13H2,1-2H3,(H,20,21). The van der Waals surface area contributed by atoms with Crippen molar-refractivity contribution in [2.24, 2.45) is 5.92 Å². The molecule has 0 saturated heterocycles. The van der Waals surface area contributed by atoms with E-state index in [0.717, 1.165) is 38.6 Å². The molecule has 1 aliphatic heterocycles. The molecule has 0 fully saturated rings. The number of amides is 1. The van der Waals surface area contributed by atoms with Crippen molar-refractivity contribution in [3.8, 4) is 0 Å². The van der Waals surface area contributed by atoms with Crippen LogP contribution in [0.4, 0.5) is 5.69 Å². The van der Waals surface area contributed by atoms with E-state index in [9.17, 15) is 4.79 Å². The van der Waals surface area contributed by atoms with Gasteiger partial charge in [0.1, 0.15) is 0 Å². The van der Waals surface area contributed by atoms with Crippen molar-refractivity contribution >= 4 is 11.6 Å². The zero-order valence-electron chi connectivity index (χ0n) is 13.4. The van der Waals surface area contributed by atoms with Gasteiger partial charge in [0.25, 0.3) is 0 Å². The van der Waals surface area contributed by atoms with Crippen LogP contribution in [-0.2, 0) is 17.8 Å². The van der Waals surface area contributed by atoms with E-state index in [2.05, 4.69) is 42.7 Å². The first kappa shape index (κ1) is 15.9. The summed E-state index contributed by atoms with van der Waals surface area (Å²) in [5, 5.41) is 6.61. The molecule has 0 saturated carbocycles. The highest BCUT2D eigenvalue weighted by Gasteiger charge is 2.17. The van der Waals surface area contributed by atoms with Crippen molar-refractivity contribution < 1.29 is 4.79 Å². The summed E-state index contributed by atoms with van der Waals surface area (Å²) in [6.07, 6.45) is 6.55. The Morgan fingerprint density at radius 3 is 3.00 bits per heavy atom. The van der Waals surface area contributed by atoms with Gasteiger partial charge in [0.2, 0.25) is 5.91 Å². The molecule has 1 heterocycles. The number of fused-ring (bicyclic) bond motifs is 1. The van der Waals surface area contributed by atoms with Crippen LogP contribution in [0.5, 0.6) is 0 Å². The van der Waals surface area contributed by atoms with Gasteiger partial charge in [-0.3, -0.25) is 4.79 Å². The predicted molar refractivity (Wildman–Crippen MR) is 88.4 cm³/mol. The molecule has 2 rings (SSSR count). The van der Waals surface area contributed by atoms with Gasteiger partial charge in [-0.15, -0.1) is 0 Å². The second-order valence-corrected chi connectivity index (χ2v) is 5.95. The largest absolute Gasteiger partial charge is 0.385 e. The number of hydrogen-bond donors (Lipinski definition) is 2. The zero-order valence-corrected chi connectivity index (χ0v) is 13.4. The Bertz CT molecular complexity index is 470. The summed E-state index contributed by atoms with van der Waals surface area (Å²) in [6.45, 7) is 5.95. The summed E-state index contributed by atoms with van der Waals surface area (Å²) in [5.74, 6) is 0.372. The van der Waals surface area contributed by atoms with E-state index in [0.29, 0.717) is 6.54 Å². The summed E-state index contributed by atoms with van der Waals surface area (Å²) in [5.41, 5.74) is 3.84. The molecule has 1 atom stereocenters. The van der Waals surface area contributed by atoms with Crippen molar-refractivity contribution in [3.05, 3.63) is 29.3 Å². The Hall–Kier alpha value is -1.51. The highest BCUT2D eigenvalue weighted by Crippen LogP contribution is 2.26. The Kier molecular flexibility index (Phi) is 6.09. The fraction of sp³-hybridized carbons (Fsp3) is 0.611. The van der Waals surface area contributed by atoms with E-state index in [1.54, 1.807) is 0 Å². The van der Waals surface area contributed by atoms with Crippen LogP contribution in [0.25, 0.3) is 0 Å². The third-order valence-electron chi connectivity index (χ3n) is 4.38. The fourth-order valence-corrected chi connectivity index (χ4v) is 3.03. The number of para-hydroxylation sites is 1. The zero-order chi connectivity index (χ0) is 15.1. The monoisotopic (exact) mass is 288 g/mol. The minimum Gasteiger partial charge on any atom is -0.385 e. The molecular formula is C18H28N2O. The van der Waals surface area contributed by atoms with Crippen LogP contribution in [0, 0.1) is 5.92 Å². The third-order valence-corrected chi connectivity index (χ3v) is 4.38. The van der Waals surface area contributed by atoms with Crippen molar-refractivity contribution in [1.29, 1.82) is 0 Å². The second-order valence-electron chi connectivity index (χ2n) is 5.95. The average Bonchev–Trinajstić information content (AvgIpc) is 2.53. The number of carbonyl (C=O) groups is 1. The molecule has 1 aromatic rings. The molecule has 2 N–H and O–H groups in total. The van der Waals surface area contributed by atoms with E-state index >= 15 is 0 Å². The quantitative estimate of drug-likeness (QED) is 0.799. The van der Waals surface area contributed by atoms with Gasteiger partial charge in [-0.25, -0.2) is 0 Å².